The van der Waals surface area contributed by atoms with Gasteiger partial charge in [-0.1, -0.05) is 6.92 Å². The summed E-state index contributed by atoms with van der Waals surface area (Å²) in [5, 5.41) is 0. The monoisotopic (exact) mass is 178 g/mol. The molecule has 13 heavy (non-hydrogen) atoms. The van der Waals surface area contributed by atoms with E-state index in [1.165, 1.54) is 0 Å². The summed E-state index contributed by atoms with van der Waals surface area (Å²) in [6, 6.07) is 0. The zero-order valence-electron chi connectivity index (χ0n) is 7.86. The molecule has 3 heteroatoms. The average Bonchev–Trinajstić information content (AvgIpc) is 2.88. The molecule has 0 radical (unpaired) electrons. The zero-order valence-corrected chi connectivity index (χ0v) is 7.86. The Balaban J connectivity index is 2.03. The number of aromatic nitrogens is 2. The van der Waals surface area contributed by atoms with Crippen molar-refractivity contribution < 1.29 is 4.79 Å². The van der Waals surface area contributed by atoms with Crippen LogP contribution in [0.3, 0.4) is 0 Å². The number of hydrogen-bond donors (Lipinski definition) is 0. The Hall–Kier alpha value is -1.12. The van der Waals surface area contributed by atoms with E-state index in [1.807, 2.05) is 10.8 Å². The second kappa shape index (κ2) is 3.32. The lowest BCUT2D eigenvalue weighted by Crippen LogP contribution is -2.13. The normalized spacial score (nSPS) is 16.1. The molecule has 0 atom stereocenters. The van der Waals surface area contributed by atoms with Gasteiger partial charge >= 0.3 is 0 Å². The fraction of sp³-hybridized carbons (Fsp3) is 0.600. The van der Waals surface area contributed by atoms with Crippen molar-refractivity contribution in [3.05, 3.63) is 18.2 Å². The molecule has 0 aromatic carbocycles. The number of rotatable bonds is 4. The van der Waals surface area contributed by atoms with Crippen molar-refractivity contribution in [3.8, 4) is 0 Å². The van der Waals surface area contributed by atoms with Crippen LogP contribution in [0.25, 0.3) is 0 Å². The Morgan fingerprint density at radius 3 is 3.08 bits per heavy atom. The van der Waals surface area contributed by atoms with Crippen LogP contribution in [-0.2, 0) is 17.8 Å². The van der Waals surface area contributed by atoms with Crippen LogP contribution >= 0.6 is 0 Å². The van der Waals surface area contributed by atoms with Crippen molar-refractivity contribution in [2.24, 2.45) is 5.92 Å². The molecule has 0 aliphatic heterocycles. The zero-order chi connectivity index (χ0) is 9.26. The second-order valence-electron chi connectivity index (χ2n) is 3.57. The maximum Gasteiger partial charge on any atom is 0.155 e. The minimum atomic E-state index is 0.354. The third-order valence-electron chi connectivity index (χ3n) is 2.48. The van der Waals surface area contributed by atoms with Crippen LogP contribution in [0, 0.1) is 5.92 Å². The van der Waals surface area contributed by atoms with Gasteiger partial charge in [-0.2, -0.15) is 0 Å². The molecule has 1 aromatic rings. The minimum absolute atomic E-state index is 0.354. The SMILES string of the molecule is CCc1nccn1CC(=O)C1CC1. The van der Waals surface area contributed by atoms with Crippen LogP contribution < -0.4 is 0 Å². The van der Waals surface area contributed by atoms with E-state index in [-0.39, 0.29) is 0 Å². The van der Waals surface area contributed by atoms with E-state index < -0.39 is 0 Å². The number of nitrogens with zero attached hydrogens (tertiary/aromatic N) is 2. The predicted molar refractivity (Wildman–Crippen MR) is 49.3 cm³/mol. The molecular formula is C10H14N2O. The molecular weight excluding hydrogens is 164 g/mol. The molecule has 0 amide bonds. The summed E-state index contributed by atoms with van der Waals surface area (Å²) >= 11 is 0. The number of ketones is 1. The molecule has 0 N–H and O–H groups in total. The van der Waals surface area contributed by atoms with Gasteiger partial charge in [-0.15, -0.1) is 0 Å². The van der Waals surface area contributed by atoms with Gasteiger partial charge in [0.2, 0.25) is 0 Å². The third-order valence-corrected chi connectivity index (χ3v) is 2.48. The molecule has 2 rings (SSSR count). The lowest BCUT2D eigenvalue weighted by molar-refractivity contribution is -0.120. The molecule has 3 nitrogen and oxygen atoms in total. The van der Waals surface area contributed by atoms with E-state index >= 15 is 0 Å². The van der Waals surface area contributed by atoms with Gasteiger partial charge in [-0.3, -0.25) is 4.79 Å². The molecule has 1 aliphatic rings. The van der Waals surface area contributed by atoms with E-state index in [4.69, 9.17) is 0 Å². The lowest BCUT2D eigenvalue weighted by Gasteiger charge is -2.03. The number of imidazole rings is 1. The maximum absolute atomic E-state index is 11.5. The molecule has 0 spiro atoms. The Bertz CT molecular complexity index is 312. The smallest absolute Gasteiger partial charge is 0.155 e. The van der Waals surface area contributed by atoms with Crippen molar-refractivity contribution >= 4 is 5.78 Å². The van der Waals surface area contributed by atoms with E-state index in [1.54, 1.807) is 6.20 Å². The van der Waals surface area contributed by atoms with Gasteiger partial charge in [0.25, 0.3) is 0 Å². The molecule has 1 aromatic heterocycles. The first-order valence-electron chi connectivity index (χ1n) is 4.84. The Morgan fingerprint density at radius 1 is 1.69 bits per heavy atom. The summed E-state index contributed by atoms with van der Waals surface area (Å²) in [5.74, 6) is 1.73. The van der Waals surface area contributed by atoms with Crippen molar-refractivity contribution in [1.29, 1.82) is 0 Å². The van der Waals surface area contributed by atoms with Crippen LogP contribution in [0.2, 0.25) is 0 Å². The number of aryl methyl sites for hydroxylation is 1. The Morgan fingerprint density at radius 2 is 2.46 bits per heavy atom. The van der Waals surface area contributed by atoms with Crippen molar-refractivity contribution in [2.75, 3.05) is 0 Å². The predicted octanol–water partition coefficient (Wildman–Crippen LogP) is 1.42. The van der Waals surface area contributed by atoms with Crippen LogP contribution in [0.1, 0.15) is 25.6 Å². The molecule has 1 heterocycles. The highest BCUT2D eigenvalue weighted by atomic mass is 16.1. The van der Waals surface area contributed by atoms with Gasteiger partial charge in [0, 0.05) is 24.7 Å². The summed E-state index contributed by atoms with van der Waals surface area (Å²) in [4.78, 5) is 15.7. The van der Waals surface area contributed by atoms with E-state index in [0.29, 0.717) is 18.2 Å². The van der Waals surface area contributed by atoms with Gasteiger partial charge in [0.1, 0.15) is 5.82 Å². The first kappa shape index (κ1) is 8.48. The molecule has 70 valence electrons. The topological polar surface area (TPSA) is 34.9 Å². The highest BCUT2D eigenvalue weighted by Crippen LogP contribution is 2.30. The fourth-order valence-corrected chi connectivity index (χ4v) is 1.50. The summed E-state index contributed by atoms with van der Waals surface area (Å²) in [7, 11) is 0. The molecule has 1 saturated carbocycles. The highest BCUT2D eigenvalue weighted by molar-refractivity contribution is 5.82. The van der Waals surface area contributed by atoms with Crippen LogP contribution in [0.15, 0.2) is 12.4 Å². The van der Waals surface area contributed by atoms with Gasteiger partial charge in [-0.25, -0.2) is 4.98 Å². The van der Waals surface area contributed by atoms with Crippen LogP contribution in [-0.4, -0.2) is 15.3 Å². The molecule has 1 aliphatic carbocycles. The summed E-state index contributed by atoms with van der Waals surface area (Å²) < 4.78 is 1.96. The lowest BCUT2D eigenvalue weighted by atomic mass is 10.2. The number of carbonyl (C=O) groups is 1. The standard InChI is InChI=1S/C10H14N2O/c1-2-10-11-5-6-12(10)7-9(13)8-3-4-8/h5-6,8H,2-4,7H2,1H3. The first-order chi connectivity index (χ1) is 6.31. The summed E-state index contributed by atoms with van der Waals surface area (Å²) in [5.41, 5.74) is 0. The van der Waals surface area contributed by atoms with Gasteiger partial charge in [0.15, 0.2) is 5.78 Å². The average molecular weight is 178 g/mol. The number of Topliss-reactive ketones (excluding diaryl/α,β-unsaturated/α-hetero) is 1. The van der Waals surface area contributed by atoms with Gasteiger partial charge < -0.3 is 4.57 Å². The van der Waals surface area contributed by atoms with Crippen molar-refractivity contribution in [3.63, 3.8) is 0 Å². The molecule has 0 bridgehead atoms. The minimum Gasteiger partial charge on any atom is -0.328 e. The maximum atomic E-state index is 11.5. The van der Waals surface area contributed by atoms with Crippen molar-refractivity contribution in [2.45, 2.75) is 32.7 Å². The fourth-order valence-electron chi connectivity index (χ4n) is 1.50. The second-order valence-corrected chi connectivity index (χ2v) is 3.57. The molecule has 1 fully saturated rings. The highest BCUT2D eigenvalue weighted by Gasteiger charge is 2.29. The van der Waals surface area contributed by atoms with E-state index in [2.05, 4.69) is 11.9 Å². The Kier molecular flexibility index (Phi) is 2.17. The quantitative estimate of drug-likeness (QED) is 0.699. The summed E-state index contributed by atoms with van der Waals surface area (Å²) in [6.45, 7) is 2.58. The van der Waals surface area contributed by atoms with Gasteiger partial charge in [-0.05, 0) is 12.8 Å². The van der Waals surface area contributed by atoms with Crippen LogP contribution in [0.5, 0.6) is 0 Å². The van der Waals surface area contributed by atoms with E-state index in [9.17, 15) is 4.79 Å². The molecule has 0 unspecified atom stereocenters. The first-order valence-corrected chi connectivity index (χ1v) is 4.84. The third kappa shape index (κ3) is 1.79. The molecule has 0 saturated heterocycles. The van der Waals surface area contributed by atoms with E-state index in [0.717, 1.165) is 25.1 Å². The largest absolute Gasteiger partial charge is 0.328 e. The number of carbonyl (C=O) groups excluding carboxylic acids is 1. The summed E-state index contributed by atoms with van der Waals surface area (Å²) in [6.07, 6.45) is 6.73. The Labute approximate surface area is 77.8 Å². The number of hydrogen-bond acceptors (Lipinski definition) is 2. The van der Waals surface area contributed by atoms with Crippen molar-refractivity contribution in [1.82, 2.24) is 9.55 Å². The van der Waals surface area contributed by atoms with Crippen LogP contribution in [0.4, 0.5) is 0 Å². The van der Waals surface area contributed by atoms with Gasteiger partial charge in [0.05, 0.1) is 6.54 Å².